The Morgan fingerprint density at radius 3 is 2.09 bits per heavy atom. The van der Waals surface area contributed by atoms with Crippen LogP contribution in [0.1, 0.15) is 23.6 Å². The first kappa shape index (κ1) is 25.6. The Labute approximate surface area is 206 Å². The zero-order valence-electron chi connectivity index (χ0n) is 20.6. The fraction of sp³-hybridized carbons (Fsp3) is 0.286. The largest absolute Gasteiger partial charge is 0.497 e. The van der Waals surface area contributed by atoms with Crippen molar-refractivity contribution in [1.82, 2.24) is 10.2 Å². The molecule has 0 spiro atoms. The molecule has 2 amide bonds. The minimum Gasteiger partial charge on any atom is -0.497 e. The average molecular weight is 477 g/mol. The molecule has 1 N–H and O–H groups in total. The van der Waals surface area contributed by atoms with Gasteiger partial charge in [-0.05, 0) is 47.9 Å². The van der Waals surface area contributed by atoms with Crippen molar-refractivity contribution >= 4 is 11.8 Å². The summed E-state index contributed by atoms with van der Waals surface area (Å²) in [6.45, 7) is 2.43. The van der Waals surface area contributed by atoms with Gasteiger partial charge in [0.25, 0.3) is 0 Å². The Morgan fingerprint density at radius 1 is 0.800 bits per heavy atom. The van der Waals surface area contributed by atoms with Crippen LogP contribution in [0.4, 0.5) is 0 Å². The highest BCUT2D eigenvalue weighted by Crippen LogP contribution is 2.28. The summed E-state index contributed by atoms with van der Waals surface area (Å²) in [5.41, 5.74) is 2.66. The molecule has 0 saturated carbocycles. The molecule has 0 aromatic heterocycles. The van der Waals surface area contributed by atoms with Gasteiger partial charge in [0.15, 0.2) is 11.5 Å². The van der Waals surface area contributed by atoms with Crippen LogP contribution in [0.25, 0.3) is 0 Å². The Bertz CT molecular complexity index is 1120. The topological polar surface area (TPSA) is 77.1 Å². The molecule has 0 fully saturated rings. The van der Waals surface area contributed by atoms with Crippen LogP contribution < -0.4 is 19.5 Å². The van der Waals surface area contributed by atoms with Crippen molar-refractivity contribution in [1.29, 1.82) is 0 Å². The predicted octanol–water partition coefficient (Wildman–Crippen LogP) is 3.99. The average Bonchev–Trinajstić information content (AvgIpc) is 2.90. The van der Waals surface area contributed by atoms with E-state index >= 15 is 0 Å². The number of hydrogen-bond donors (Lipinski definition) is 1. The van der Waals surface area contributed by atoms with Crippen LogP contribution in [-0.2, 0) is 29.1 Å². The Balaban J connectivity index is 1.74. The smallest absolute Gasteiger partial charge is 0.242 e. The van der Waals surface area contributed by atoms with E-state index in [-0.39, 0.29) is 18.2 Å². The molecule has 0 aliphatic rings. The number of methoxy groups -OCH3 is 3. The molecule has 0 aliphatic heterocycles. The summed E-state index contributed by atoms with van der Waals surface area (Å²) in [6, 6.07) is 21.8. The third-order valence-corrected chi connectivity index (χ3v) is 5.79. The molecule has 35 heavy (non-hydrogen) atoms. The number of hydrogen-bond acceptors (Lipinski definition) is 5. The first-order valence-electron chi connectivity index (χ1n) is 11.4. The predicted molar refractivity (Wildman–Crippen MR) is 135 cm³/mol. The van der Waals surface area contributed by atoms with Crippen LogP contribution in [0, 0.1) is 0 Å². The first-order valence-corrected chi connectivity index (χ1v) is 11.4. The van der Waals surface area contributed by atoms with Gasteiger partial charge in [-0.3, -0.25) is 9.59 Å². The minimum absolute atomic E-state index is 0.128. The number of carbonyl (C=O) groups excluding carboxylic acids is 2. The highest BCUT2D eigenvalue weighted by Gasteiger charge is 2.26. The maximum atomic E-state index is 13.4. The highest BCUT2D eigenvalue weighted by atomic mass is 16.5. The fourth-order valence-electron chi connectivity index (χ4n) is 3.71. The lowest BCUT2D eigenvalue weighted by atomic mass is 10.1. The highest BCUT2D eigenvalue weighted by molar-refractivity contribution is 5.88. The van der Waals surface area contributed by atoms with E-state index in [1.807, 2.05) is 60.7 Å². The lowest BCUT2D eigenvalue weighted by molar-refractivity contribution is -0.140. The van der Waals surface area contributed by atoms with Crippen LogP contribution in [0.15, 0.2) is 72.8 Å². The molecule has 0 unspecified atom stereocenters. The van der Waals surface area contributed by atoms with E-state index in [1.54, 1.807) is 45.3 Å². The van der Waals surface area contributed by atoms with Crippen molar-refractivity contribution < 1.29 is 23.8 Å². The number of nitrogens with zero attached hydrogens (tertiary/aromatic N) is 1. The van der Waals surface area contributed by atoms with E-state index in [0.717, 1.165) is 22.4 Å². The molecule has 0 heterocycles. The van der Waals surface area contributed by atoms with Gasteiger partial charge in [0.2, 0.25) is 11.8 Å². The molecular weight excluding hydrogens is 444 g/mol. The minimum atomic E-state index is -0.666. The number of nitrogens with one attached hydrogen (secondary N) is 1. The molecule has 3 rings (SSSR count). The number of carbonyl (C=O) groups is 2. The summed E-state index contributed by atoms with van der Waals surface area (Å²) >= 11 is 0. The Hall–Kier alpha value is -4.00. The van der Waals surface area contributed by atoms with E-state index in [4.69, 9.17) is 14.2 Å². The van der Waals surface area contributed by atoms with E-state index < -0.39 is 6.04 Å². The van der Waals surface area contributed by atoms with Gasteiger partial charge in [0.05, 0.1) is 27.8 Å². The summed E-state index contributed by atoms with van der Waals surface area (Å²) < 4.78 is 15.8. The second kappa shape index (κ2) is 12.5. The molecule has 3 aromatic rings. The number of amides is 2. The zero-order chi connectivity index (χ0) is 25.2. The number of benzene rings is 3. The van der Waals surface area contributed by atoms with Gasteiger partial charge in [-0.15, -0.1) is 0 Å². The maximum absolute atomic E-state index is 13.4. The summed E-state index contributed by atoms with van der Waals surface area (Å²) in [7, 11) is 4.73. The maximum Gasteiger partial charge on any atom is 0.242 e. The zero-order valence-corrected chi connectivity index (χ0v) is 20.6. The van der Waals surface area contributed by atoms with Crippen molar-refractivity contribution in [2.75, 3.05) is 21.3 Å². The second-order valence-corrected chi connectivity index (χ2v) is 8.12. The second-order valence-electron chi connectivity index (χ2n) is 8.12. The molecule has 0 saturated heterocycles. The van der Waals surface area contributed by atoms with Crippen molar-refractivity contribution in [2.24, 2.45) is 0 Å². The van der Waals surface area contributed by atoms with Crippen molar-refractivity contribution in [2.45, 2.75) is 32.5 Å². The van der Waals surface area contributed by atoms with Crippen molar-refractivity contribution in [3.8, 4) is 17.2 Å². The van der Waals surface area contributed by atoms with Gasteiger partial charge in [-0.25, -0.2) is 0 Å². The quantitative estimate of drug-likeness (QED) is 0.453. The van der Waals surface area contributed by atoms with Crippen molar-refractivity contribution in [3.63, 3.8) is 0 Å². The van der Waals surface area contributed by atoms with E-state index in [9.17, 15) is 9.59 Å². The Morgan fingerprint density at radius 2 is 1.46 bits per heavy atom. The van der Waals surface area contributed by atoms with Gasteiger partial charge in [-0.1, -0.05) is 48.5 Å². The van der Waals surface area contributed by atoms with Gasteiger partial charge in [-0.2, -0.15) is 0 Å². The van der Waals surface area contributed by atoms with Gasteiger partial charge in [0, 0.05) is 13.1 Å². The van der Waals surface area contributed by atoms with Crippen LogP contribution in [0.3, 0.4) is 0 Å². The van der Waals surface area contributed by atoms with Crippen LogP contribution in [-0.4, -0.2) is 44.1 Å². The molecule has 0 bridgehead atoms. The molecule has 0 aliphatic carbocycles. The van der Waals surface area contributed by atoms with Gasteiger partial charge in [0.1, 0.15) is 11.8 Å². The van der Waals surface area contributed by atoms with E-state index in [0.29, 0.717) is 24.6 Å². The summed E-state index contributed by atoms with van der Waals surface area (Å²) in [6.07, 6.45) is 0.128. The van der Waals surface area contributed by atoms with Gasteiger partial charge < -0.3 is 24.4 Å². The standard InChI is InChI=1S/C28H32N2O5/c1-20(28(32)29-18-21-10-13-24(33-2)14-11-21)30(19-22-8-6-5-7-9-22)27(31)17-23-12-15-25(34-3)26(16-23)35-4/h5-16,20H,17-19H2,1-4H3,(H,29,32)/t20-/m0/s1. The molecule has 0 radical (unpaired) electrons. The molecular formula is C28H32N2O5. The van der Waals surface area contributed by atoms with Gasteiger partial charge >= 0.3 is 0 Å². The number of rotatable bonds is 11. The third kappa shape index (κ3) is 6.99. The molecule has 7 heteroatoms. The molecule has 3 aromatic carbocycles. The normalized spacial score (nSPS) is 11.3. The molecule has 1 atom stereocenters. The van der Waals surface area contributed by atoms with Crippen molar-refractivity contribution in [3.05, 3.63) is 89.5 Å². The van der Waals surface area contributed by atoms with Crippen LogP contribution >= 0.6 is 0 Å². The molecule has 7 nitrogen and oxygen atoms in total. The van der Waals surface area contributed by atoms with Crippen LogP contribution in [0.2, 0.25) is 0 Å². The fourth-order valence-corrected chi connectivity index (χ4v) is 3.71. The lowest BCUT2D eigenvalue weighted by Crippen LogP contribution is -2.47. The third-order valence-electron chi connectivity index (χ3n) is 5.79. The summed E-state index contributed by atoms with van der Waals surface area (Å²) in [4.78, 5) is 28.1. The SMILES string of the molecule is COc1ccc(CNC(=O)[C@H](C)N(Cc2ccccc2)C(=O)Cc2ccc(OC)c(OC)c2)cc1. The van der Waals surface area contributed by atoms with Crippen LogP contribution in [0.5, 0.6) is 17.2 Å². The Kier molecular flexibility index (Phi) is 9.12. The summed E-state index contributed by atoms with van der Waals surface area (Å²) in [5.74, 6) is 1.52. The van der Waals surface area contributed by atoms with E-state index in [1.165, 1.54) is 0 Å². The summed E-state index contributed by atoms with van der Waals surface area (Å²) in [5, 5.41) is 2.94. The lowest BCUT2D eigenvalue weighted by Gasteiger charge is -2.29. The number of ether oxygens (including phenoxy) is 3. The monoisotopic (exact) mass is 476 g/mol. The molecule has 184 valence electrons. The van der Waals surface area contributed by atoms with E-state index in [2.05, 4.69) is 5.32 Å². The first-order chi connectivity index (χ1) is 16.9.